The number of hydrogen-bond donors (Lipinski definition) is 2. The van der Waals surface area contributed by atoms with Crippen LogP contribution in [0.4, 0.5) is 0 Å². The number of pyridine rings is 1. The lowest BCUT2D eigenvalue weighted by Crippen LogP contribution is -2.37. The topological polar surface area (TPSA) is 54.4 Å². The van der Waals surface area contributed by atoms with Gasteiger partial charge in [0.25, 0.3) is 5.88 Å². The maximum atomic E-state index is 9.43. The third-order valence-corrected chi connectivity index (χ3v) is 2.28. The van der Waals surface area contributed by atoms with Gasteiger partial charge < -0.3 is 15.2 Å². The molecular formula is C10H15ClN2O2. The van der Waals surface area contributed by atoms with Crippen molar-refractivity contribution in [1.82, 2.24) is 10.3 Å². The Morgan fingerprint density at radius 3 is 3.07 bits per heavy atom. The predicted molar refractivity (Wildman–Crippen MR) is 59.7 cm³/mol. The number of nitrogens with one attached hydrogen (secondary N) is 1. The number of hydrogen-bond acceptors (Lipinski definition) is 4. The van der Waals surface area contributed by atoms with Gasteiger partial charge in [-0.2, -0.15) is 0 Å². The van der Waals surface area contributed by atoms with E-state index in [1.54, 1.807) is 18.3 Å². The Hall–Kier alpha value is -1.00. The smallest absolute Gasteiger partial charge is 0.257 e. The molecule has 0 spiro atoms. The number of ether oxygens (including phenoxy) is 1. The van der Waals surface area contributed by atoms with Crippen molar-refractivity contribution in [2.75, 3.05) is 13.1 Å². The van der Waals surface area contributed by atoms with E-state index < -0.39 is 0 Å². The lowest BCUT2D eigenvalue weighted by atomic mass is 10.1. The Labute approximate surface area is 95.1 Å². The summed E-state index contributed by atoms with van der Waals surface area (Å²) < 4.78 is 5.56. The first-order valence-corrected chi connectivity index (χ1v) is 4.87. The Bertz CT molecular complexity index is 303. The van der Waals surface area contributed by atoms with E-state index in [-0.39, 0.29) is 24.3 Å². The maximum absolute atomic E-state index is 9.43. The average Bonchev–Trinajstić information content (AvgIpc) is 2.23. The van der Waals surface area contributed by atoms with Crippen molar-refractivity contribution in [3.05, 3.63) is 18.3 Å². The summed E-state index contributed by atoms with van der Waals surface area (Å²) >= 11 is 0. The molecule has 5 heteroatoms. The predicted octanol–water partition coefficient (Wildman–Crippen LogP) is 1.34. The number of halogens is 1. The van der Waals surface area contributed by atoms with Crippen molar-refractivity contribution in [1.29, 1.82) is 0 Å². The van der Waals surface area contributed by atoms with Gasteiger partial charge in [0.2, 0.25) is 0 Å². The molecule has 1 aromatic rings. The maximum Gasteiger partial charge on any atom is 0.257 e. The fourth-order valence-corrected chi connectivity index (χ4v) is 1.55. The summed E-state index contributed by atoms with van der Waals surface area (Å²) in [6.07, 6.45) is 3.87. The van der Waals surface area contributed by atoms with Crippen molar-refractivity contribution in [2.24, 2.45) is 0 Å². The Morgan fingerprint density at radius 1 is 1.53 bits per heavy atom. The van der Waals surface area contributed by atoms with E-state index in [4.69, 9.17) is 4.74 Å². The van der Waals surface area contributed by atoms with Crippen LogP contribution in [0.1, 0.15) is 12.8 Å². The Morgan fingerprint density at radius 2 is 2.40 bits per heavy atom. The molecule has 0 unspecified atom stereocenters. The van der Waals surface area contributed by atoms with Crippen LogP contribution in [0.25, 0.3) is 0 Å². The highest BCUT2D eigenvalue weighted by Gasteiger charge is 2.16. The van der Waals surface area contributed by atoms with Crippen LogP contribution in [0.3, 0.4) is 0 Å². The van der Waals surface area contributed by atoms with Crippen LogP contribution in [0, 0.1) is 0 Å². The SMILES string of the molecule is Cl.Oc1cccnc1O[C@H]1CCCNC1. The highest BCUT2D eigenvalue weighted by atomic mass is 35.5. The van der Waals surface area contributed by atoms with Gasteiger partial charge in [-0.1, -0.05) is 0 Å². The lowest BCUT2D eigenvalue weighted by Gasteiger charge is -2.23. The molecule has 0 aliphatic carbocycles. The summed E-state index contributed by atoms with van der Waals surface area (Å²) in [5, 5.41) is 12.7. The first kappa shape index (κ1) is 12.1. The van der Waals surface area contributed by atoms with E-state index in [1.807, 2.05) is 0 Å². The number of aromatic nitrogens is 1. The molecule has 0 saturated carbocycles. The molecule has 0 radical (unpaired) electrons. The normalized spacial score (nSPS) is 20.4. The zero-order valence-electron chi connectivity index (χ0n) is 8.35. The van der Waals surface area contributed by atoms with Gasteiger partial charge >= 0.3 is 0 Å². The fourth-order valence-electron chi connectivity index (χ4n) is 1.55. The minimum atomic E-state index is 0. The van der Waals surface area contributed by atoms with Crippen LogP contribution in [0.5, 0.6) is 11.6 Å². The van der Waals surface area contributed by atoms with Crippen molar-refractivity contribution < 1.29 is 9.84 Å². The van der Waals surface area contributed by atoms with Gasteiger partial charge in [0.15, 0.2) is 5.75 Å². The molecule has 2 heterocycles. The minimum Gasteiger partial charge on any atom is -0.503 e. The van der Waals surface area contributed by atoms with Crippen LogP contribution in [-0.4, -0.2) is 29.3 Å². The van der Waals surface area contributed by atoms with Crippen LogP contribution in [0.15, 0.2) is 18.3 Å². The third kappa shape index (κ3) is 3.25. The van der Waals surface area contributed by atoms with Crippen LogP contribution >= 0.6 is 12.4 Å². The highest BCUT2D eigenvalue weighted by molar-refractivity contribution is 5.85. The Kier molecular flexibility index (Phi) is 4.65. The largest absolute Gasteiger partial charge is 0.503 e. The molecule has 1 aliphatic rings. The minimum absolute atomic E-state index is 0. The average molecular weight is 231 g/mol. The molecule has 2 N–H and O–H groups in total. The molecule has 1 saturated heterocycles. The van der Waals surface area contributed by atoms with Gasteiger partial charge in [-0.25, -0.2) is 4.98 Å². The summed E-state index contributed by atoms with van der Waals surface area (Å²) in [4.78, 5) is 3.97. The summed E-state index contributed by atoms with van der Waals surface area (Å²) in [5.74, 6) is 0.444. The van der Waals surface area contributed by atoms with E-state index >= 15 is 0 Å². The summed E-state index contributed by atoms with van der Waals surface area (Å²) in [6, 6.07) is 3.26. The zero-order chi connectivity index (χ0) is 9.80. The van der Waals surface area contributed by atoms with Crippen LogP contribution in [0.2, 0.25) is 0 Å². The zero-order valence-corrected chi connectivity index (χ0v) is 9.17. The summed E-state index contributed by atoms with van der Waals surface area (Å²) in [7, 11) is 0. The van der Waals surface area contributed by atoms with E-state index in [2.05, 4.69) is 10.3 Å². The molecule has 15 heavy (non-hydrogen) atoms. The first-order chi connectivity index (χ1) is 6.86. The summed E-state index contributed by atoms with van der Waals surface area (Å²) in [5.41, 5.74) is 0. The van der Waals surface area contributed by atoms with E-state index in [1.165, 1.54) is 0 Å². The number of rotatable bonds is 2. The van der Waals surface area contributed by atoms with Crippen molar-refractivity contribution in [2.45, 2.75) is 18.9 Å². The second kappa shape index (κ2) is 5.78. The first-order valence-electron chi connectivity index (χ1n) is 4.87. The second-order valence-corrected chi connectivity index (χ2v) is 3.41. The lowest BCUT2D eigenvalue weighted by molar-refractivity contribution is 0.155. The molecule has 0 bridgehead atoms. The molecular weight excluding hydrogens is 216 g/mol. The van der Waals surface area contributed by atoms with E-state index in [9.17, 15) is 5.11 Å². The number of aromatic hydroxyl groups is 1. The number of nitrogens with zero attached hydrogens (tertiary/aromatic N) is 1. The van der Waals surface area contributed by atoms with Crippen molar-refractivity contribution in [3.63, 3.8) is 0 Å². The molecule has 0 amide bonds. The van der Waals surface area contributed by atoms with Gasteiger partial charge in [-0.05, 0) is 31.5 Å². The van der Waals surface area contributed by atoms with Gasteiger partial charge in [0.05, 0.1) is 0 Å². The molecule has 84 valence electrons. The standard InChI is InChI=1S/C10H14N2O2.ClH/c13-9-4-2-6-12-10(9)14-8-3-1-5-11-7-8;/h2,4,6,8,11,13H,1,3,5,7H2;1H/t8-;/m0./s1. The van der Waals surface area contributed by atoms with Crippen LogP contribution < -0.4 is 10.1 Å². The molecule has 1 fully saturated rings. The highest BCUT2D eigenvalue weighted by Crippen LogP contribution is 2.23. The molecule has 1 atom stereocenters. The van der Waals surface area contributed by atoms with Crippen molar-refractivity contribution >= 4 is 12.4 Å². The monoisotopic (exact) mass is 230 g/mol. The van der Waals surface area contributed by atoms with Gasteiger partial charge in [-0.15, -0.1) is 12.4 Å². The summed E-state index contributed by atoms with van der Waals surface area (Å²) in [6.45, 7) is 1.88. The van der Waals surface area contributed by atoms with E-state index in [0.29, 0.717) is 5.88 Å². The fraction of sp³-hybridized carbons (Fsp3) is 0.500. The van der Waals surface area contributed by atoms with Gasteiger partial charge in [0, 0.05) is 12.7 Å². The number of piperidine rings is 1. The van der Waals surface area contributed by atoms with Crippen molar-refractivity contribution in [3.8, 4) is 11.6 Å². The quantitative estimate of drug-likeness (QED) is 0.805. The molecule has 0 aromatic carbocycles. The van der Waals surface area contributed by atoms with Gasteiger partial charge in [-0.3, -0.25) is 0 Å². The molecule has 1 aromatic heterocycles. The molecule has 4 nitrogen and oxygen atoms in total. The molecule has 1 aliphatic heterocycles. The second-order valence-electron chi connectivity index (χ2n) is 3.41. The van der Waals surface area contributed by atoms with E-state index in [0.717, 1.165) is 25.9 Å². The third-order valence-electron chi connectivity index (χ3n) is 2.28. The Balaban J connectivity index is 0.00000112. The van der Waals surface area contributed by atoms with Crippen LogP contribution in [-0.2, 0) is 0 Å². The van der Waals surface area contributed by atoms with Gasteiger partial charge in [0.1, 0.15) is 6.10 Å². The molecule has 2 rings (SSSR count).